The van der Waals surface area contributed by atoms with Gasteiger partial charge in [0.05, 0.1) is 6.10 Å². The van der Waals surface area contributed by atoms with Gasteiger partial charge in [-0.3, -0.25) is 0 Å². The average Bonchev–Trinajstić information content (AvgIpc) is 2.05. The van der Waals surface area contributed by atoms with Crippen LogP contribution in [0.3, 0.4) is 0 Å². The zero-order valence-corrected chi connectivity index (χ0v) is 8.16. The van der Waals surface area contributed by atoms with Crippen LogP contribution >= 0.6 is 15.9 Å². The van der Waals surface area contributed by atoms with Crippen LogP contribution in [0.2, 0.25) is 0 Å². The highest BCUT2D eigenvalue weighted by atomic mass is 79.9. The summed E-state index contributed by atoms with van der Waals surface area (Å²) in [5, 5.41) is 18.1. The van der Waals surface area contributed by atoms with E-state index in [1.54, 1.807) is 0 Å². The molecule has 0 radical (unpaired) electrons. The van der Waals surface area contributed by atoms with Crippen LogP contribution in [-0.2, 0) is 0 Å². The van der Waals surface area contributed by atoms with Crippen molar-refractivity contribution in [3.63, 3.8) is 0 Å². The molecule has 3 heteroatoms. The first-order chi connectivity index (χ1) is 5.74. The highest BCUT2D eigenvalue weighted by Gasteiger charge is 2.05. The minimum Gasteiger partial charge on any atom is -0.396 e. The summed E-state index contributed by atoms with van der Waals surface area (Å²) in [5.41, 5.74) is 0.832. The van der Waals surface area contributed by atoms with Crippen LogP contribution in [-0.4, -0.2) is 16.8 Å². The fourth-order valence-electron chi connectivity index (χ4n) is 1.00. The largest absolute Gasteiger partial charge is 0.396 e. The molecular formula is C9H11BrO2. The zero-order chi connectivity index (χ0) is 8.97. The van der Waals surface area contributed by atoms with Gasteiger partial charge < -0.3 is 10.2 Å². The molecule has 0 aliphatic carbocycles. The summed E-state index contributed by atoms with van der Waals surface area (Å²) < 4.78 is 0.942. The third kappa shape index (κ3) is 2.59. The van der Waals surface area contributed by atoms with Gasteiger partial charge in [0.1, 0.15) is 0 Å². The molecule has 0 unspecified atom stereocenters. The van der Waals surface area contributed by atoms with Gasteiger partial charge in [-0.1, -0.05) is 28.1 Å². The lowest BCUT2D eigenvalue weighted by Gasteiger charge is -2.08. The highest BCUT2D eigenvalue weighted by molar-refractivity contribution is 9.10. The van der Waals surface area contributed by atoms with Crippen molar-refractivity contribution in [2.24, 2.45) is 0 Å². The predicted octanol–water partition coefficient (Wildman–Crippen LogP) is 1.86. The molecule has 0 aliphatic rings. The first-order valence-corrected chi connectivity index (χ1v) is 4.57. The van der Waals surface area contributed by atoms with E-state index in [0.717, 1.165) is 10.0 Å². The van der Waals surface area contributed by atoms with Gasteiger partial charge in [0.15, 0.2) is 0 Å². The summed E-state index contributed by atoms with van der Waals surface area (Å²) in [6.07, 6.45) is -0.177. The average molecular weight is 231 g/mol. The van der Waals surface area contributed by atoms with Crippen molar-refractivity contribution in [2.75, 3.05) is 6.61 Å². The molecule has 1 aromatic rings. The molecule has 0 fully saturated rings. The van der Waals surface area contributed by atoms with Gasteiger partial charge in [0, 0.05) is 17.5 Å². The van der Waals surface area contributed by atoms with E-state index < -0.39 is 6.10 Å². The van der Waals surface area contributed by atoms with Gasteiger partial charge in [-0.05, 0) is 17.7 Å². The molecule has 0 spiro atoms. The second kappa shape index (κ2) is 4.60. The molecule has 0 saturated heterocycles. The number of aliphatic hydroxyl groups is 2. The molecule has 0 bridgehead atoms. The summed E-state index contributed by atoms with van der Waals surface area (Å²) in [5.74, 6) is 0. The molecule has 0 aliphatic heterocycles. The Hall–Kier alpha value is -0.380. The quantitative estimate of drug-likeness (QED) is 0.833. The first kappa shape index (κ1) is 9.71. The zero-order valence-electron chi connectivity index (χ0n) is 6.57. The Kier molecular flexibility index (Phi) is 3.72. The number of aliphatic hydroxyl groups excluding tert-OH is 2. The number of hydrogen-bond acceptors (Lipinski definition) is 2. The molecule has 1 rings (SSSR count). The Balaban J connectivity index is 2.73. The lowest BCUT2D eigenvalue weighted by atomic mass is 10.1. The van der Waals surface area contributed by atoms with Crippen molar-refractivity contribution in [2.45, 2.75) is 12.5 Å². The van der Waals surface area contributed by atoms with Crippen molar-refractivity contribution in [1.29, 1.82) is 0 Å². The maximum absolute atomic E-state index is 9.46. The topological polar surface area (TPSA) is 40.5 Å². The molecule has 0 amide bonds. The van der Waals surface area contributed by atoms with Gasteiger partial charge >= 0.3 is 0 Å². The number of hydrogen-bond donors (Lipinski definition) is 2. The molecule has 66 valence electrons. The third-order valence-electron chi connectivity index (χ3n) is 1.64. The summed E-state index contributed by atoms with van der Waals surface area (Å²) in [7, 11) is 0. The second-order valence-corrected chi connectivity index (χ2v) is 3.50. The minimum absolute atomic E-state index is 0.00762. The summed E-state index contributed by atoms with van der Waals surface area (Å²) in [4.78, 5) is 0. The Labute approximate surface area is 80.0 Å². The molecule has 1 aromatic carbocycles. The molecule has 1 atom stereocenters. The van der Waals surface area contributed by atoms with Crippen LogP contribution < -0.4 is 0 Å². The van der Waals surface area contributed by atoms with Crippen molar-refractivity contribution < 1.29 is 10.2 Å². The fraction of sp³-hybridized carbons (Fsp3) is 0.333. The lowest BCUT2D eigenvalue weighted by molar-refractivity contribution is 0.134. The van der Waals surface area contributed by atoms with E-state index in [1.165, 1.54) is 0 Å². The molecular weight excluding hydrogens is 220 g/mol. The van der Waals surface area contributed by atoms with Crippen LogP contribution in [0.15, 0.2) is 28.7 Å². The number of rotatable bonds is 3. The standard InChI is InChI=1S/C9H11BrO2/c10-8-3-1-2-7(6-8)9(12)4-5-11/h1-3,6,9,11-12H,4-5H2/t9-/m0/s1. The van der Waals surface area contributed by atoms with Crippen molar-refractivity contribution in [3.8, 4) is 0 Å². The van der Waals surface area contributed by atoms with Crippen LogP contribution in [0.1, 0.15) is 18.1 Å². The lowest BCUT2D eigenvalue weighted by Crippen LogP contribution is -1.99. The van der Waals surface area contributed by atoms with Crippen LogP contribution in [0, 0.1) is 0 Å². The van der Waals surface area contributed by atoms with E-state index in [9.17, 15) is 5.11 Å². The Bertz CT molecular complexity index is 250. The maximum atomic E-state index is 9.46. The monoisotopic (exact) mass is 230 g/mol. The third-order valence-corrected chi connectivity index (χ3v) is 2.13. The van der Waals surface area contributed by atoms with Crippen molar-refractivity contribution in [3.05, 3.63) is 34.3 Å². The number of halogens is 1. The van der Waals surface area contributed by atoms with Crippen molar-refractivity contribution in [1.82, 2.24) is 0 Å². The van der Waals surface area contributed by atoms with E-state index in [-0.39, 0.29) is 6.61 Å². The minimum atomic E-state index is -0.563. The predicted molar refractivity (Wildman–Crippen MR) is 50.8 cm³/mol. The molecule has 0 aromatic heterocycles. The molecule has 12 heavy (non-hydrogen) atoms. The summed E-state index contributed by atoms with van der Waals surface area (Å²) in [6, 6.07) is 7.45. The maximum Gasteiger partial charge on any atom is 0.0812 e. The molecule has 2 N–H and O–H groups in total. The van der Waals surface area contributed by atoms with E-state index in [1.807, 2.05) is 24.3 Å². The van der Waals surface area contributed by atoms with Gasteiger partial charge in [-0.25, -0.2) is 0 Å². The summed E-state index contributed by atoms with van der Waals surface area (Å²) in [6.45, 7) is 0.00762. The normalized spacial score (nSPS) is 12.9. The molecule has 0 heterocycles. The second-order valence-electron chi connectivity index (χ2n) is 2.58. The Morgan fingerprint density at radius 2 is 2.17 bits per heavy atom. The van der Waals surface area contributed by atoms with Gasteiger partial charge in [0.2, 0.25) is 0 Å². The van der Waals surface area contributed by atoms with Gasteiger partial charge in [-0.2, -0.15) is 0 Å². The first-order valence-electron chi connectivity index (χ1n) is 3.78. The van der Waals surface area contributed by atoms with E-state index in [4.69, 9.17) is 5.11 Å². The summed E-state index contributed by atoms with van der Waals surface area (Å²) >= 11 is 3.31. The number of benzene rings is 1. The van der Waals surface area contributed by atoms with E-state index >= 15 is 0 Å². The SMILES string of the molecule is OCC[C@H](O)c1cccc(Br)c1. The smallest absolute Gasteiger partial charge is 0.0812 e. The highest BCUT2D eigenvalue weighted by Crippen LogP contribution is 2.19. The fourth-order valence-corrected chi connectivity index (χ4v) is 1.42. The van der Waals surface area contributed by atoms with Crippen LogP contribution in [0.25, 0.3) is 0 Å². The van der Waals surface area contributed by atoms with Crippen LogP contribution in [0.4, 0.5) is 0 Å². The van der Waals surface area contributed by atoms with Gasteiger partial charge in [-0.15, -0.1) is 0 Å². The van der Waals surface area contributed by atoms with Gasteiger partial charge in [0.25, 0.3) is 0 Å². The van der Waals surface area contributed by atoms with E-state index in [2.05, 4.69) is 15.9 Å². The Morgan fingerprint density at radius 1 is 1.42 bits per heavy atom. The Morgan fingerprint density at radius 3 is 2.75 bits per heavy atom. The van der Waals surface area contributed by atoms with Crippen LogP contribution in [0.5, 0.6) is 0 Å². The molecule has 0 saturated carbocycles. The van der Waals surface area contributed by atoms with E-state index in [0.29, 0.717) is 6.42 Å². The van der Waals surface area contributed by atoms with Crippen molar-refractivity contribution >= 4 is 15.9 Å². The molecule has 2 nitrogen and oxygen atoms in total.